The second-order valence-electron chi connectivity index (χ2n) is 4.87. The first kappa shape index (κ1) is 12.8. The standard InChI is InChI=1S/C15H21N3/c1-4-18-14(9-10-17-18)15(16)13-7-5-12(6-8-13)11(2)3/h5-11,15H,4,16H2,1-3H3. The van der Waals surface area contributed by atoms with Gasteiger partial charge in [-0.15, -0.1) is 0 Å². The molecule has 0 aliphatic carbocycles. The largest absolute Gasteiger partial charge is 0.319 e. The molecule has 2 rings (SSSR count). The highest BCUT2D eigenvalue weighted by Gasteiger charge is 2.13. The van der Waals surface area contributed by atoms with Gasteiger partial charge < -0.3 is 5.73 Å². The van der Waals surface area contributed by atoms with Crippen molar-refractivity contribution in [2.75, 3.05) is 0 Å². The summed E-state index contributed by atoms with van der Waals surface area (Å²) < 4.78 is 1.95. The Morgan fingerprint density at radius 3 is 2.28 bits per heavy atom. The molecule has 0 aliphatic heterocycles. The summed E-state index contributed by atoms with van der Waals surface area (Å²) in [5.74, 6) is 0.552. The lowest BCUT2D eigenvalue weighted by Gasteiger charge is -2.15. The zero-order valence-electron chi connectivity index (χ0n) is 11.3. The molecule has 0 spiro atoms. The molecule has 0 bridgehead atoms. The molecule has 3 nitrogen and oxygen atoms in total. The van der Waals surface area contributed by atoms with Gasteiger partial charge in [-0.2, -0.15) is 5.10 Å². The van der Waals surface area contributed by atoms with Crippen molar-refractivity contribution in [3.63, 3.8) is 0 Å². The number of nitrogens with two attached hydrogens (primary N) is 1. The Labute approximate surface area is 109 Å². The molecule has 96 valence electrons. The van der Waals surface area contributed by atoms with Crippen molar-refractivity contribution >= 4 is 0 Å². The van der Waals surface area contributed by atoms with Gasteiger partial charge in [-0.3, -0.25) is 4.68 Å². The Morgan fingerprint density at radius 2 is 1.72 bits per heavy atom. The van der Waals surface area contributed by atoms with Gasteiger partial charge in [0, 0.05) is 12.7 Å². The lowest BCUT2D eigenvalue weighted by Crippen LogP contribution is -2.17. The minimum atomic E-state index is -0.103. The van der Waals surface area contributed by atoms with Gasteiger partial charge in [0.25, 0.3) is 0 Å². The van der Waals surface area contributed by atoms with Crippen LogP contribution in [0.25, 0.3) is 0 Å². The first-order chi connectivity index (χ1) is 8.63. The molecule has 1 aromatic heterocycles. The molecular weight excluding hydrogens is 222 g/mol. The Hall–Kier alpha value is -1.61. The van der Waals surface area contributed by atoms with Crippen LogP contribution in [0, 0.1) is 0 Å². The summed E-state index contributed by atoms with van der Waals surface area (Å²) >= 11 is 0. The predicted octanol–water partition coefficient (Wildman–Crippen LogP) is 3.07. The molecule has 0 saturated carbocycles. The summed E-state index contributed by atoms with van der Waals surface area (Å²) in [5, 5.41) is 4.26. The third-order valence-corrected chi connectivity index (χ3v) is 3.33. The van der Waals surface area contributed by atoms with Crippen molar-refractivity contribution in [2.24, 2.45) is 5.73 Å². The highest BCUT2D eigenvalue weighted by Crippen LogP contribution is 2.22. The van der Waals surface area contributed by atoms with Gasteiger partial charge in [0.2, 0.25) is 0 Å². The van der Waals surface area contributed by atoms with E-state index >= 15 is 0 Å². The summed E-state index contributed by atoms with van der Waals surface area (Å²) in [6.07, 6.45) is 1.81. The molecule has 0 amide bonds. The Morgan fingerprint density at radius 1 is 1.11 bits per heavy atom. The topological polar surface area (TPSA) is 43.8 Å². The van der Waals surface area contributed by atoms with Crippen LogP contribution >= 0.6 is 0 Å². The molecule has 1 aromatic carbocycles. The number of aryl methyl sites for hydroxylation is 1. The van der Waals surface area contributed by atoms with E-state index in [1.54, 1.807) is 6.20 Å². The van der Waals surface area contributed by atoms with Gasteiger partial charge >= 0.3 is 0 Å². The van der Waals surface area contributed by atoms with Crippen LogP contribution in [0.1, 0.15) is 49.6 Å². The predicted molar refractivity (Wildman–Crippen MR) is 74.5 cm³/mol. The Bertz CT molecular complexity index is 497. The fourth-order valence-corrected chi connectivity index (χ4v) is 2.13. The molecule has 0 aliphatic rings. The number of nitrogens with zero attached hydrogens (tertiary/aromatic N) is 2. The van der Waals surface area contributed by atoms with E-state index in [2.05, 4.69) is 50.1 Å². The third-order valence-electron chi connectivity index (χ3n) is 3.33. The van der Waals surface area contributed by atoms with E-state index in [0.29, 0.717) is 5.92 Å². The second-order valence-corrected chi connectivity index (χ2v) is 4.87. The first-order valence-electron chi connectivity index (χ1n) is 6.50. The van der Waals surface area contributed by atoms with E-state index in [0.717, 1.165) is 17.8 Å². The molecule has 2 aromatic rings. The van der Waals surface area contributed by atoms with Crippen LogP contribution in [0.3, 0.4) is 0 Å². The van der Waals surface area contributed by atoms with E-state index < -0.39 is 0 Å². The van der Waals surface area contributed by atoms with Crippen LogP contribution in [0.5, 0.6) is 0 Å². The van der Waals surface area contributed by atoms with Gasteiger partial charge in [-0.1, -0.05) is 38.1 Å². The molecular formula is C15H21N3. The van der Waals surface area contributed by atoms with Crippen molar-refractivity contribution in [1.82, 2.24) is 9.78 Å². The van der Waals surface area contributed by atoms with E-state index in [-0.39, 0.29) is 6.04 Å². The number of rotatable bonds is 4. The molecule has 0 radical (unpaired) electrons. The molecule has 3 heteroatoms. The maximum absolute atomic E-state index is 6.30. The molecule has 18 heavy (non-hydrogen) atoms. The number of hydrogen-bond donors (Lipinski definition) is 1. The summed E-state index contributed by atoms with van der Waals surface area (Å²) in [4.78, 5) is 0. The number of aromatic nitrogens is 2. The zero-order chi connectivity index (χ0) is 13.1. The molecule has 0 saturated heterocycles. The number of hydrogen-bond acceptors (Lipinski definition) is 2. The van der Waals surface area contributed by atoms with E-state index in [9.17, 15) is 0 Å². The monoisotopic (exact) mass is 243 g/mol. The van der Waals surface area contributed by atoms with Crippen molar-refractivity contribution in [1.29, 1.82) is 0 Å². The quantitative estimate of drug-likeness (QED) is 0.896. The van der Waals surface area contributed by atoms with Crippen LogP contribution < -0.4 is 5.73 Å². The number of benzene rings is 1. The van der Waals surface area contributed by atoms with Crippen LogP contribution in [0.2, 0.25) is 0 Å². The molecule has 1 heterocycles. The van der Waals surface area contributed by atoms with Gasteiger partial charge in [0.05, 0.1) is 11.7 Å². The van der Waals surface area contributed by atoms with Gasteiger partial charge in [-0.05, 0) is 30.0 Å². The lowest BCUT2D eigenvalue weighted by molar-refractivity contribution is 0.600. The zero-order valence-corrected chi connectivity index (χ0v) is 11.3. The summed E-state index contributed by atoms with van der Waals surface area (Å²) in [6, 6.07) is 10.4. The summed E-state index contributed by atoms with van der Waals surface area (Å²) in [7, 11) is 0. The highest BCUT2D eigenvalue weighted by atomic mass is 15.3. The van der Waals surface area contributed by atoms with E-state index in [1.165, 1.54) is 5.56 Å². The minimum absolute atomic E-state index is 0.103. The van der Waals surface area contributed by atoms with Gasteiger partial charge in [-0.25, -0.2) is 0 Å². The lowest BCUT2D eigenvalue weighted by atomic mass is 9.98. The van der Waals surface area contributed by atoms with Crippen LogP contribution in [0.15, 0.2) is 36.5 Å². The maximum atomic E-state index is 6.30. The fraction of sp³-hybridized carbons (Fsp3) is 0.400. The molecule has 2 N–H and O–H groups in total. The van der Waals surface area contributed by atoms with Crippen molar-refractivity contribution < 1.29 is 0 Å². The van der Waals surface area contributed by atoms with E-state index in [1.807, 2.05) is 10.7 Å². The average Bonchev–Trinajstić information content (AvgIpc) is 2.86. The Balaban J connectivity index is 2.26. The normalized spacial score (nSPS) is 12.9. The SMILES string of the molecule is CCn1nccc1C(N)c1ccc(C(C)C)cc1. The average molecular weight is 243 g/mol. The second kappa shape index (κ2) is 5.36. The van der Waals surface area contributed by atoms with E-state index in [4.69, 9.17) is 5.73 Å². The minimum Gasteiger partial charge on any atom is -0.319 e. The highest BCUT2D eigenvalue weighted by molar-refractivity contribution is 5.31. The van der Waals surface area contributed by atoms with Crippen molar-refractivity contribution in [3.05, 3.63) is 53.3 Å². The fourth-order valence-electron chi connectivity index (χ4n) is 2.13. The van der Waals surface area contributed by atoms with Gasteiger partial charge in [0.15, 0.2) is 0 Å². The van der Waals surface area contributed by atoms with Crippen LogP contribution in [-0.4, -0.2) is 9.78 Å². The first-order valence-corrected chi connectivity index (χ1v) is 6.50. The molecule has 0 fully saturated rings. The summed E-state index contributed by atoms with van der Waals surface area (Å²) in [6.45, 7) is 7.31. The Kier molecular flexibility index (Phi) is 3.82. The molecule has 1 atom stereocenters. The summed E-state index contributed by atoms with van der Waals surface area (Å²) in [5.41, 5.74) is 9.84. The third kappa shape index (κ3) is 2.46. The van der Waals surface area contributed by atoms with Crippen LogP contribution in [-0.2, 0) is 6.54 Å². The maximum Gasteiger partial charge on any atom is 0.0723 e. The van der Waals surface area contributed by atoms with Crippen molar-refractivity contribution in [3.8, 4) is 0 Å². The van der Waals surface area contributed by atoms with Crippen LogP contribution in [0.4, 0.5) is 0 Å². The molecule has 1 unspecified atom stereocenters. The van der Waals surface area contributed by atoms with Crippen molar-refractivity contribution in [2.45, 2.75) is 39.3 Å². The smallest absolute Gasteiger partial charge is 0.0723 e. The van der Waals surface area contributed by atoms with Gasteiger partial charge in [0.1, 0.15) is 0 Å².